The fraction of sp³-hybridized carbons (Fsp3) is 0.882. The second-order valence-corrected chi connectivity index (χ2v) is 8.73. The van der Waals surface area contributed by atoms with E-state index >= 15 is 0 Å². The molecule has 0 N–H and O–H groups in total. The summed E-state index contributed by atoms with van der Waals surface area (Å²) in [6.07, 6.45) is 5.32. The van der Waals surface area contributed by atoms with Crippen LogP contribution in [0, 0.1) is 28.6 Å². The van der Waals surface area contributed by atoms with Crippen molar-refractivity contribution < 1.29 is 9.22 Å². The van der Waals surface area contributed by atoms with Crippen molar-refractivity contribution in [2.75, 3.05) is 40.9 Å². The van der Waals surface area contributed by atoms with Crippen molar-refractivity contribution in [1.82, 2.24) is 0 Å². The quantitative estimate of drug-likeness (QED) is 0.422. The maximum Gasteiger partial charge on any atom is 0.107 e. The van der Waals surface area contributed by atoms with Crippen molar-refractivity contribution in [2.24, 2.45) is 16.2 Å². The zero-order valence-corrected chi connectivity index (χ0v) is 14.6. The zero-order chi connectivity index (χ0) is 15.5. The summed E-state index contributed by atoms with van der Waals surface area (Å²) >= 11 is 0. The minimum Gasteiger partial charge on any atom is -0.368 e. The molecule has 0 fully saturated rings. The summed E-state index contributed by atoms with van der Waals surface area (Å²) in [4.78, 5) is 0. The van der Waals surface area contributed by atoms with Crippen LogP contribution >= 0.6 is 0 Å². The van der Waals surface area contributed by atoms with E-state index in [0.717, 1.165) is 11.0 Å². The van der Waals surface area contributed by atoms with Crippen molar-refractivity contribution in [1.29, 1.82) is 0 Å². The Morgan fingerprint density at radius 3 is 1.63 bits per heavy atom. The fourth-order valence-corrected chi connectivity index (χ4v) is 3.17. The second kappa shape index (κ2) is 5.85. The molecule has 0 aliphatic rings. The number of hydrogen-bond acceptors (Lipinski definition) is 1. The molecule has 0 aromatic heterocycles. The molecule has 0 rings (SSSR count). The van der Waals surface area contributed by atoms with Crippen LogP contribution in [-0.4, -0.2) is 45.4 Å². The van der Waals surface area contributed by atoms with E-state index in [2.05, 4.69) is 68.6 Å². The van der Waals surface area contributed by atoms with Crippen molar-refractivity contribution in [2.45, 2.75) is 41.5 Å². The summed E-state index contributed by atoms with van der Waals surface area (Å²) in [6.45, 7) is 16.0. The first-order valence-electron chi connectivity index (χ1n) is 7.08. The lowest BCUT2D eigenvalue weighted by molar-refractivity contribution is -0.880. The van der Waals surface area contributed by atoms with Crippen LogP contribution in [0.3, 0.4) is 0 Å². The summed E-state index contributed by atoms with van der Waals surface area (Å²) in [5, 5.41) is 0. The number of nitrogens with zero attached hydrogens (tertiary/aromatic N) is 1. The first-order chi connectivity index (χ1) is 8.27. The Balaban J connectivity index is 5.56. The molecule has 2 heteroatoms. The molecule has 0 bridgehead atoms. The van der Waals surface area contributed by atoms with Gasteiger partial charge in [-0.1, -0.05) is 47.5 Å². The van der Waals surface area contributed by atoms with Gasteiger partial charge in [-0.15, -0.1) is 6.42 Å². The van der Waals surface area contributed by atoms with Gasteiger partial charge >= 0.3 is 0 Å². The van der Waals surface area contributed by atoms with Gasteiger partial charge < -0.3 is 9.22 Å². The van der Waals surface area contributed by atoms with Gasteiger partial charge in [0, 0.05) is 0 Å². The fourth-order valence-electron chi connectivity index (χ4n) is 3.17. The molecule has 0 aromatic rings. The van der Waals surface area contributed by atoms with E-state index < -0.39 is 0 Å². The van der Waals surface area contributed by atoms with Crippen LogP contribution in [-0.2, 0) is 4.74 Å². The van der Waals surface area contributed by atoms with E-state index in [0.29, 0.717) is 13.2 Å². The molecule has 2 nitrogen and oxygen atoms in total. The first-order valence-corrected chi connectivity index (χ1v) is 7.08. The monoisotopic (exact) mass is 268 g/mol. The largest absolute Gasteiger partial charge is 0.368 e. The molecular weight excluding hydrogens is 234 g/mol. The number of hydrogen-bond donors (Lipinski definition) is 0. The van der Waals surface area contributed by atoms with Crippen LogP contribution in [0.15, 0.2) is 0 Å². The highest BCUT2D eigenvalue weighted by molar-refractivity contribution is 4.99. The van der Waals surface area contributed by atoms with Gasteiger partial charge in [-0.25, -0.2) is 0 Å². The smallest absolute Gasteiger partial charge is 0.107 e. The van der Waals surface area contributed by atoms with Gasteiger partial charge in [0.1, 0.15) is 6.61 Å². The molecule has 0 heterocycles. The van der Waals surface area contributed by atoms with E-state index in [9.17, 15) is 0 Å². The molecule has 0 amide bonds. The van der Waals surface area contributed by atoms with Crippen molar-refractivity contribution in [3.8, 4) is 12.3 Å². The summed E-state index contributed by atoms with van der Waals surface area (Å²) in [5.41, 5.74) is 0.353. The van der Waals surface area contributed by atoms with Gasteiger partial charge in [-0.2, -0.15) is 0 Å². The maximum atomic E-state index is 5.80. The Hall–Kier alpha value is -0.520. The SMILES string of the molecule is C#CCOCC(C[N+](C)(C)C)(C(C)(C)C)C(C)(C)C. The topological polar surface area (TPSA) is 9.23 Å². The van der Waals surface area contributed by atoms with E-state index in [1.165, 1.54) is 0 Å². The average Bonchev–Trinajstić information content (AvgIpc) is 2.10. The van der Waals surface area contributed by atoms with E-state index in [1.54, 1.807) is 0 Å². The van der Waals surface area contributed by atoms with E-state index in [1.807, 2.05) is 0 Å². The van der Waals surface area contributed by atoms with Crippen LogP contribution in [0.1, 0.15) is 41.5 Å². The molecule has 0 aliphatic heterocycles. The molecular formula is C17H34NO+. The van der Waals surface area contributed by atoms with Gasteiger partial charge in [-0.3, -0.25) is 0 Å². The third-order valence-corrected chi connectivity index (χ3v) is 4.15. The Labute approximate surface area is 121 Å². The van der Waals surface area contributed by atoms with Gasteiger partial charge in [0.05, 0.1) is 39.7 Å². The molecule has 19 heavy (non-hydrogen) atoms. The van der Waals surface area contributed by atoms with Crippen molar-refractivity contribution in [3.05, 3.63) is 0 Å². The zero-order valence-electron chi connectivity index (χ0n) is 14.6. The molecule has 0 unspecified atom stereocenters. The summed E-state index contributed by atoms with van der Waals surface area (Å²) in [5.74, 6) is 2.58. The van der Waals surface area contributed by atoms with Crippen LogP contribution in [0.25, 0.3) is 0 Å². The maximum absolute atomic E-state index is 5.80. The van der Waals surface area contributed by atoms with E-state index in [-0.39, 0.29) is 16.2 Å². The highest BCUT2D eigenvalue weighted by Crippen LogP contribution is 2.52. The molecule has 0 aromatic carbocycles. The molecule has 0 saturated carbocycles. The standard InChI is InChI=1S/C17H34NO/c1-11-12-19-14-17(15(2,3)4,16(5,6)7)13-18(8,9)10/h1H,12-14H2,2-10H3/q+1. The highest BCUT2D eigenvalue weighted by Gasteiger charge is 2.53. The molecule has 112 valence electrons. The van der Waals surface area contributed by atoms with E-state index in [4.69, 9.17) is 11.2 Å². The lowest BCUT2D eigenvalue weighted by atomic mass is 9.54. The van der Waals surface area contributed by atoms with Crippen LogP contribution < -0.4 is 0 Å². The van der Waals surface area contributed by atoms with Crippen LogP contribution in [0.5, 0.6) is 0 Å². The molecule has 0 spiro atoms. The second-order valence-electron chi connectivity index (χ2n) is 8.73. The lowest BCUT2D eigenvalue weighted by Gasteiger charge is -2.55. The van der Waals surface area contributed by atoms with Gasteiger partial charge in [0.25, 0.3) is 0 Å². The lowest BCUT2D eigenvalue weighted by Crippen LogP contribution is -2.59. The minimum atomic E-state index is 0.0646. The van der Waals surface area contributed by atoms with Gasteiger partial charge in [-0.05, 0) is 10.8 Å². The Morgan fingerprint density at radius 2 is 1.37 bits per heavy atom. The predicted octanol–water partition coefficient (Wildman–Crippen LogP) is 3.42. The average molecular weight is 268 g/mol. The first kappa shape index (κ1) is 18.5. The van der Waals surface area contributed by atoms with Crippen LogP contribution in [0.4, 0.5) is 0 Å². The third kappa shape index (κ3) is 4.82. The van der Waals surface area contributed by atoms with Crippen molar-refractivity contribution in [3.63, 3.8) is 0 Å². The van der Waals surface area contributed by atoms with Gasteiger partial charge in [0.2, 0.25) is 0 Å². The Morgan fingerprint density at radius 1 is 0.947 bits per heavy atom. The Kier molecular flexibility index (Phi) is 5.69. The summed E-state index contributed by atoms with van der Waals surface area (Å²) in [6, 6.07) is 0. The third-order valence-electron chi connectivity index (χ3n) is 4.15. The number of ether oxygens (including phenoxy) is 1. The number of rotatable bonds is 5. The molecule has 0 atom stereocenters. The minimum absolute atomic E-state index is 0.0646. The summed E-state index contributed by atoms with van der Waals surface area (Å²) in [7, 11) is 6.73. The normalized spacial score (nSPS) is 14.3. The predicted molar refractivity (Wildman–Crippen MR) is 83.9 cm³/mol. The highest BCUT2D eigenvalue weighted by atomic mass is 16.5. The molecule has 0 aliphatic carbocycles. The number of quaternary nitrogens is 1. The van der Waals surface area contributed by atoms with Crippen molar-refractivity contribution >= 4 is 0 Å². The molecule has 0 radical (unpaired) electrons. The number of terminal acetylenes is 1. The van der Waals surface area contributed by atoms with Gasteiger partial charge in [0.15, 0.2) is 0 Å². The molecule has 0 saturated heterocycles. The summed E-state index contributed by atoms with van der Waals surface area (Å²) < 4.78 is 6.73. The van der Waals surface area contributed by atoms with Crippen LogP contribution in [0.2, 0.25) is 0 Å². The Bertz CT molecular complexity index is 303.